The topological polar surface area (TPSA) is 168 Å². The van der Waals surface area contributed by atoms with Crippen LogP contribution in [0.25, 0.3) is 22.3 Å². The molecule has 2 atom stereocenters. The van der Waals surface area contributed by atoms with Crippen LogP contribution in [0.3, 0.4) is 0 Å². The van der Waals surface area contributed by atoms with Gasteiger partial charge >= 0.3 is 25.6 Å². The minimum atomic E-state index is -3.61. The molecule has 0 spiro atoms. The van der Waals surface area contributed by atoms with Crippen LogP contribution in [0.15, 0.2) is 82.1 Å². The van der Waals surface area contributed by atoms with Gasteiger partial charge in [-0.15, -0.1) is 0 Å². The lowest BCUT2D eigenvalue weighted by molar-refractivity contribution is -0.189. The summed E-state index contributed by atoms with van der Waals surface area (Å²) in [4.78, 5) is 64.8. The molecule has 9 rings (SSSR count). The summed E-state index contributed by atoms with van der Waals surface area (Å²) in [6, 6.07) is 22.9. The molecule has 0 saturated carbocycles. The first kappa shape index (κ1) is 50.6. The molecule has 4 aliphatic heterocycles. The molecule has 1 N–H and O–H groups in total. The number of hydrogen-bond donors (Lipinski definition) is 1. The second-order valence-electron chi connectivity index (χ2n) is 18.7. The Morgan fingerprint density at radius 1 is 0.901 bits per heavy atom. The van der Waals surface area contributed by atoms with Crippen molar-refractivity contribution in [3.05, 3.63) is 121 Å². The summed E-state index contributed by atoms with van der Waals surface area (Å²) in [5.74, 6) is -1.63. The van der Waals surface area contributed by atoms with Crippen molar-refractivity contribution in [2.24, 2.45) is 0 Å². The third-order valence-corrected chi connectivity index (χ3v) is 17.3. The first-order chi connectivity index (χ1) is 34.4. The molecule has 2 fully saturated rings. The molecule has 2 unspecified atom stereocenters. The van der Waals surface area contributed by atoms with E-state index in [9.17, 15) is 23.7 Å². The first-order valence-corrected chi connectivity index (χ1v) is 27.6. The van der Waals surface area contributed by atoms with Crippen LogP contribution < -0.4 is 15.6 Å². The third-order valence-electron chi connectivity index (χ3n) is 14.4. The summed E-state index contributed by atoms with van der Waals surface area (Å²) < 4.78 is 45.8. The van der Waals surface area contributed by atoms with Crippen LogP contribution in [0.4, 0.5) is 10.5 Å². The van der Waals surface area contributed by atoms with Gasteiger partial charge < -0.3 is 42.9 Å². The molecule has 1 amide bonds. The number of anilines is 1. The molecule has 15 nitrogen and oxygen atoms in total. The zero-order valence-electron chi connectivity index (χ0n) is 41.0. The van der Waals surface area contributed by atoms with Crippen LogP contribution in [-0.2, 0) is 64.3 Å². The minimum absolute atomic E-state index is 0.0105. The fraction of sp³-hybridized carbons (Fsp3) is 0.463. The van der Waals surface area contributed by atoms with Crippen molar-refractivity contribution < 1.29 is 42.2 Å². The van der Waals surface area contributed by atoms with Crippen molar-refractivity contribution in [1.29, 1.82) is 0 Å². The SMILES string of the molecule is CCOP(=O)(OCC)C(Nc1ccc(CCCC(=O)OC2(CC)C(=O)OCc3c2cc2n(c3=O)Cc3c-2nc2ccc(OC(=O)N4CCC(N5CCCCC5)CC4)cc2c3CC)cc1)c1ccc(Br)cc1. The average Bonchev–Trinajstić information content (AvgIpc) is 3.75. The number of aryl methyl sites for hydroxylation is 2. The van der Waals surface area contributed by atoms with Gasteiger partial charge in [-0.2, -0.15) is 0 Å². The normalized spacial score (nSPS) is 18.6. The summed E-state index contributed by atoms with van der Waals surface area (Å²) in [7, 11) is -3.61. The number of hydrogen-bond acceptors (Lipinski definition) is 13. The van der Waals surface area contributed by atoms with E-state index < -0.39 is 30.9 Å². The maximum absolute atomic E-state index is 14.4. The van der Waals surface area contributed by atoms with Gasteiger partial charge in [-0.3, -0.25) is 14.2 Å². The molecule has 0 radical (unpaired) electrons. The highest BCUT2D eigenvalue weighted by molar-refractivity contribution is 9.10. The Hall–Kier alpha value is -5.38. The summed E-state index contributed by atoms with van der Waals surface area (Å²) in [5, 5.41) is 4.21. The molecule has 3 aromatic carbocycles. The number of fused-ring (bicyclic) bond motifs is 5. The second kappa shape index (κ2) is 21.8. The number of aromatic nitrogens is 2. The fourth-order valence-electron chi connectivity index (χ4n) is 10.8. The number of cyclic esters (lactones) is 1. The highest BCUT2D eigenvalue weighted by Gasteiger charge is 2.50. The number of nitrogens with zero attached hydrogens (tertiary/aromatic N) is 4. The van der Waals surface area contributed by atoms with E-state index in [1.54, 1.807) is 42.4 Å². The lowest BCUT2D eigenvalue weighted by Gasteiger charge is -2.39. The van der Waals surface area contributed by atoms with Gasteiger partial charge in [0.15, 0.2) is 5.78 Å². The van der Waals surface area contributed by atoms with Gasteiger partial charge in [0.25, 0.3) is 5.56 Å². The molecular weight excluding hydrogens is 989 g/mol. The predicted molar refractivity (Wildman–Crippen MR) is 275 cm³/mol. The number of halogens is 1. The van der Waals surface area contributed by atoms with E-state index >= 15 is 0 Å². The molecule has 4 aliphatic rings. The Labute approximate surface area is 423 Å². The highest BCUT2D eigenvalue weighted by atomic mass is 79.9. The van der Waals surface area contributed by atoms with E-state index in [-0.39, 0.29) is 56.4 Å². The molecule has 0 aliphatic carbocycles. The molecule has 2 aromatic heterocycles. The first-order valence-electron chi connectivity index (χ1n) is 25.2. The summed E-state index contributed by atoms with van der Waals surface area (Å²) in [6.07, 6.45) is 6.98. The van der Waals surface area contributed by atoms with Gasteiger partial charge in [0.1, 0.15) is 12.4 Å². The van der Waals surface area contributed by atoms with E-state index in [0.717, 1.165) is 58.0 Å². The molecule has 17 heteroatoms. The number of carbonyl (C=O) groups excluding carboxylic acids is 3. The molecule has 71 heavy (non-hydrogen) atoms. The van der Waals surface area contributed by atoms with Gasteiger partial charge in [-0.25, -0.2) is 14.6 Å². The van der Waals surface area contributed by atoms with Crippen molar-refractivity contribution in [3.63, 3.8) is 0 Å². The number of benzene rings is 3. The summed E-state index contributed by atoms with van der Waals surface area (Å²) in [5.41, 5.74) is 4.53. The number of nitrogens with one attached hydrogen (secondary N) is 1. The molecule has 6 heterocycles. The van der Waals surface area contributed by atoms with Crippen LogP contribution in [0.5, 0.6) is 5.75 Å². The molecule has 2 saturated heterocycles. The monoisotopic (exact) mass is 1050 g/mol. The Morgan fingerprint density at radius 3 is 2.30 bits per heavy atom. The van der Waals surface area contributed by atoms with Crippen molar-refractivity contribution in [3.8, 4) is 17.1 Å². The zero-order chi connectivity index (χ0) is 49.9. The van der Waals surface area contributed by atoms with Crippen LogP contribution >= 0.6 is 23.5 Å². The minimum Gasteiger partial charge on any atom is -0.457 e. The standard InChI is InChI=1S/C54H63BrN5O10P/c1-5-41-42-31-40(69-53(64)59-29-25-39(26-30-59)58-27-10-9-11-28-58)23-24-46(42)57-49-43(41)33-60-47(49)32-45-44(51(60)62)34-66-52(63)54(45,6-2)70-48(61)14-12-13-35-15-21-38(22-16-35)56-50(36-17-19-37(55)20-18-36)71(65,67-7-3)68-8-4/h15-24,31-32,39,50,56H,5-14,25-30,33-34H2,1-4H3. The highest BCUT2D eigenvalue weighted by Crippen LogP contribution is 2.61. The molecule has 376 valence electrons. The Bertz CT molecular complexity index is 2890. The predicted octanol–water partition coefficient (Wildman–Crippen LogP) is 10.8. The number of carbonyl (C=O) groups is 3. The van der Waals surface area contributed by atoms with Crippen molar-refractivity contribution in [2.45, 2.75) is 122 Å². The third kappa shape index (κ3) is 10.3. The number of likely N-dealkylation sites (tertiary alicyclic amines) is 2. The summed E-state index contributed by atoms with van der Waals surface area (Å²) in [6.45, 7) is 11.4. The Morgan fingerprint density at radius 2 is 1.62 bits per heavy atom. The zero-order valence-corrected chi connectivity index (χ0v) is 43.5. The van der Waals surface area contributed by atoms with Gasteiger partial charge in [0, 0.05) is 52.2 Å². The van der Waals surface area contributed by atoms with Crippen LogP contribution in [0.1, 0.15) is 118 Å². The fourth-order valence-corrected chi connectivity index (χ4v) is 13.0. The van der Waals surface area contributed by atoms with Crippen LogP contribution in [-0.4, -0.2) is 82.8 Å². The number of pyridine rings is 2. The van der Waals surface area contributed by atoms with Gasteiger partial charge in [-0.05, 0) is 144 Å². The van der Waals surface area contributed by atoms with Crippen LogP contribution in [0, 0.1) is 0 Å². The Kier molecular flexibility index (Phi) is 15.5. The van der Waals surface area contributed by atoms with E-state index in [0.29, 0.717) is 72.3 Å². The molecular formula is C54H63BrN5O10P. The number of ether oxygens (including phenoxy) is 3. The smallest absolute Gasteiger partial charge is 0.415 e. The second-order valence-corrected chi connectivity index (χ2v) is 21.7. The molecule has 5 aromatic rings. The largest absolute Gasteiger partial charge is 0.457 e. The van der Waals surface area contributed by atoms with E-state index in [4.69, 9.17) is 28.2 Å². The number of rotatable bonds is 17. The van der Waals surface area contributed by atoms with Gasteiger partial charge in [0.05, 0.1) is 42.2 Å². The molecule has 0 bridgehead atoms. The lowest BCUT2D eigenvalue weighted by Crippen LogP contribution is -2.48. The van der Waals surface area contributed by atoms with Crippen LogP contribution in [0.2, 0.25) is 0 Å². The van der Waals surface area contributed by atoms with E-state index in [2.05, 4.69) is 26.1 Å². The quantitative estimate of drug-likeness (QED) is 0.0677. The number of piperidine rings is 2. The van der Waals surface area contributed by atoms with Crippen molar-refractivity contribution >= 4 is 58.1 Å². The average molecular weight is 1050 g/mol. The van der Waals surface area contributed by atoms with Gasteiger partial charge in [-0.1, -0.05) is 60.5 Å². The van der Waals surface area contributed by atoms with E-state index in [1.807, 2.05) is 67.6 Å². The number of esters is 2. The van der Waals surface area contributed by atoms with E-state index in [1.165, 1.54) is 19.3 Å². The number of amides is 1. The maximum Gasteiger partial charge on any atom is 0.415 e. The maximum atomic E-state index is 14.4. The lowest BCUT2D eigenvalue weighted by atomic mass is 9.85. The van der Waals surface area contributed by atoms with Gasteiger partial charge in [0.2, 0.25) is 5.60 Å². The van der Waals surface area contributed by atoms with Crippen molar-refractivity contribution in [1.82, 2.24) is 19.4 Å². The van der Waals surface area contributed by atoms with Crippen molar-refractivity contribution in [2.75, 3.05) is 44.7 Å². The Balaban J connectivity index is 0.883. The summed E-state index contributed by atoms with van der Waals surface area (Å²) >= 11 is 3.47.